The molecule has 1 N–H and O–H groups in total. The zero-order valence-corrected chi connectivity index (χ0v) is 14.9. The largest absolute Gasteiger partial charge is 0.377 e. The molecule has 0 radical (unpaired) electrons. The van der Waals surface area contributed by atoms with Crippen molar-refractivity contribution in [3.63, 3.8) is 0 Å². The van der Waals surface area contributed by atoms with E-state index in [1.165, 1.54) is 0 Å². The highest BCUT2D eigenvalue weighted by atomic mass is 16.1. The Morgan fingerprint density at radius 3 is 2.52 bits per heavy atom. The molecule has 0 atom stereocenters. The third kappa shape index (κ3) is 4.06. The molecule has 0 unspecified atom stereocenters. The molecule has 7 nitrogen and oxygen atoms in total. The van der Waals surface area contributed by atoms with Crippen molar-refractivity contribution in [2.45, 2.75) is 0 Å². The summed E-state index contributed by atoms with van der Waals surface area (Å²) in [7, 11) is 5.93. The van der Waals surface area contributed by atoms with E-state index in [0.717, 1.165) is 37.7 Å². The number of likely N-dealkylation sites (N-methyl/N-ethyl adjacent to an activating group) is 1. The van der Waals surface area contributed by atoms with Gasteiger partial charge in [0.05, 0.1) is 23.1 Å². The second kappa shape index (κ2) is 7.48. The number of carbonyl (C=O) groups is 1. The topological polar surface area (TPSA) is 64.6 Å². The first-order valence-corrected chi connectivity index (χ1v) is 8.37. The molecule has 0 aliphatic carbocycles. The maximum Gasteiger partial charge on any atom is 0.259 e. The number of amides is 1. The van der Waals surface area contributed by atoms with Crippen LogP contribution in [-0.4, -0.2) is 68.1 Å². The molecule has 0 aromatic carbocycles. The number of nitrogens with zero attached hydrogens (tertiary/aromatic N) is 5. The van der Waals surface area contributed by atoms with Crippen LogP contribution in [0.4, 0.5) is 17.2 Å². The molecule has 1 saturated heterocycles. The van der Waals surface area contributed by atoms with Crippen LogP contribution in [0.15, 0.2) is 36.8 Å². The van der Waals surface area contributed by atoms with E-state index in [1.54, 1.807) is 18.6 Å². The summed E-state index contributed by atoms with van der Waals surface area (Å²) in [6.07, 6.45) is 4.96. The minimum atomic E-state index is -0.189. The van der Waals surface area contributed by atoms with Crippen molar-refractivity contribution < 1.29 is 4.79 Å². The Labute approximate surface area is 148 Å². The Bertz CT molecular complexity index is 723. The molecule has 7 heteroatoms. The van der Waals surface area contributed by atoms with Crippen LogP contribution in [0.1, 0.15) is 10.4 Å². The van der Waals surface area contributed by atoms with Crippen molar-refractivity contribution >= 4 is 23.1 Å². The molecule has 0 saturated carbocycles. The summed E-state index contributed by atoms with van der Waals surface area (Å²) < 4.78 is 0. The first-order chi connectivity index (χ1) is 12.0. The highest BCUT2D eigenvalue weighted by molar-refractivity contribution is 6.07. The number of piperazine rings is 1. The number of hydrogen-bond donors (Lipinski definition) is 1. The van der Waals surface area contributed by atoms with E-state index in [1.807, 2.05) is 37.2 Å². The van der Waals surface area contributed by atoms with Crippen molar-refractivity contribution in [2.24, 2.45) is 0 Å². The molecule has 3 rings (SSSR count). The van der Waals surface area contributed by atoms with E-state index in [-0.39, 0.29) is 5.91 Å². The van der Waals surface area contributed by atoms with Gasteiger partial charge in [-0.15, -0.1) is 0 Å². The second-order valence-corrected chi connectivity index (χ2v) is 6.44. The normalized spacial score (nSPS) is 15.1. The summed E-state index contributed by atoms with van der Waals surface area (Å²) in [5.41, 5.74) is 2.04. The number of nitrogens with one attached hydrogen (secondary N) is 1. The van der Waals surface area contributed by atoms with Gasteiger partial charge in [0.25, 0.3) is 5.91 Å². The van der Waals surface area contributed by atoms with Gasteiger partial charge in [-0.3, -0.25) is 9.78 Å². The molecule has 132 valence electrons. The van der Waals surface area contributed by atoms with Crippen LogP contribution in [0.3, 0.4) is 0 Å². The number of carbonyl (C=O) groups excluding carboxylic acids is 1. The van der Waals surface area contributed by atoms with Gasteiger partial charge < -0.3 is 20.0 Å². The predicted octanol–water partition coefficient (Wildman–Crippen LogP) is 1.55. The average molecular weight is 340 g/mol. The summed E-state index contributed by atoms with van der Waals surface area (Å²) in [6, 6.07) is 5.67. The molecule has 25 heavy (non-hydrogen) atoms. The fourth-order valence-corrected chi connectivity index (χ4v) is 2.83. The summed E-state index contributed by atoms with van der Waals surface area (Å²) in [5, 5.41) is 2.90. The summed E-state index contributed by atoms with van der Waals surface area (Å²) in [5.74, 6) is 0.757. The zero-order chi connectivity index (χ0) is 17.8. The van der Waals surface area contributed by atoms with Crippen molar-refractivity contribution in [3.05, 3.63) is 42.4 Å². The minimum absolute atomic E-state index is 0.189. The van der Waals surface area contributed by atoms with Gasteiger partial charge in [0.2, 0.25) is 0 Å². The fraction of sp³-hybridized carbons (Fsp3) is 0.389. The fourth-order valence-electron chi connectivity index (χ4n) is 2.83. The first kappa shape index (κ1) is 17.2. The van der Waals surface area contributed by atoms with Crippen LogP contribution in [0, 0.1) is 0 Å². The molecule has 1 aliphatic heterocycles. The van der Waals surface area contributed by atoms with Gasteiger partial charge in [-0.25, -0.2) is 4.98 Å². The van der Waals surface area contributed by atoms with Gasteiger partial charge in [-0.1, -0.05) is 0 Å². The van der Waals surface area contributed by atoms with Crippen molar-refractivity contribution in [1.82, 2.24) is 14.9 Å². The molecule has 1 amide bonds. The molecule has 2 aromatic heterocycles. The summed E-state index contributed by atoms with van der Waals surface area (Å²) in [6.45, 7) is 4.01. The maximum absolute atomic E-state index is 12.5. The van der Waals surface area contributed by atoms with Crippen LogP contribution in [-0.2, 0) is 0 Å². The summed E-state index contributed by atoms with van der Waals surface area (Å²) >= 11 is 0. The molecule has 3 heterocycles. The van der Waals surface area contributed by atoms with Gasteiger partial charge in [-0.2, -0.15) is 0 Å². The van der Waals surface area contributed by atoms with Crippen LogP contribution < -0.4 is 15.1 Å². The SMILES string of the molecule is CN1CCN(c2ccc(NC(=O)c3cnccc3N(C)C)cn2)CC1. The number of anilines is 3. The lowest BCUT2D eigenvalue weighted by atomic mass is 10.2. The van der Waals surface area contributed by atoms with Crippen molar-refractivity contribution in [2.75, 3.05) is 62.4 Å². The Hall–Kier alpha value is -2.67. The minimum Gasteiger partial charge on any atom is -0.377 e. The van der Waals surface area contributed by atoms with Crippen molar-refractivity contribution in [1.29, 1.82) is 0 Å². The van der Waals surface area contributed by atoms with E-state index in [4.69, 9.17) is 0 Å². The molecular weight excluding hydrogens is 316 g/mol. The summed E-state index contributed by atoms with van der Waals surface area (Å²) in [4.78, 5) is 27.6. The van der Waals surface area contributed by atoms with Gasteiger partial charge in [0.1, 0.15) is 5.82 Å². The van der Waals surface area contributed by atoms with Crippen LogP contribution >= 0.6 is 0 Å². The Balaban J connectivity index is 1.68. The number of pyridine rings is 2. The highest BCUT2D eigenvalue weighted by Crippen LogP contribution is 2.20. The van der Waals surface area contributed by atoms with Crippen molar-refractivity contribution in [3.8, 4) is 0 Å². The molecule has 0 bridgehead atoms. The lowest BCUT2D eigenvalue weighted by molar-refractivity contribution is 0.102. The number of hydrogen-bond acceptors (Lipinski definition) is 6. The average Bonchev–Trinajstić information content (AvgIpc) is 2.63. The Kier molecular flexibility index (Phi) is 5.14. The van der Waals surface area contributed by atoms with E-state index in [9.17, 15) is 4.79 Å². The van der Waals surface area contributed by atoms with Crippen LogP contribution in [0.25, 0.3) is 0 Å². The maximum atomic E-state index is 12.5. The van der Waals surface area contributed by atoms with E-state index >= 15 is 0 Å². The third-order valence-electron chi connectivity index (χ3n) is 4.36. The van der Waals surface area contributed by atoms with Gasteiger partial charge in [-0.05, 0) is 25.2 Å². The third-order valence-corrected chi connectivity index (χ3v) is 4.36. The molecule has 1 fully saturated rings. The smallest absolute Gasteiger partial charge is 0.259 e. The predicted molar refractivity (Wildman–Crippen MR) is 100 cm³/mol. The molecule has 0 spiro atoms. The molecule has 1 aliphatic rings. The molecular formula is C18H24N6O. The first-order valence-electron chi connectivity index (χ1n) is 8.37. The Morgan fingerprint density at radius 1 is 1.12 bits per heavy atom. The zero-order valence-electron chi connectivity index (χ0n) is 14.9. The number of rotatable bonds is 4. The van der Waals surface area contributed by atoms with Crippen LogP contribution in [0.2, 0.25) is 0 Å². The second-order valence-electron chi connectivity index (χ2n) is 6.44. The lowest BCUT2D eigenvalue weighted by Gasteiger charge is -2.33. The van der Waals surface area contributed by atoms with Gasteiger partial charge in [0, 0.05) is 52.7 Å². The van der Waals surface area contributed by atoms with Gasteiger partial charge >= 0.3 is 0 Å². The highest BCUT2D eigenvalue weighted by Gasteiger charge is 2.16. The number of aromatic nitrogens is 2. The Morgan fingerprint density at radius 2 is 1.88 bits per heavy atom. The standard InChI is InChI=1S/C18H24N6O/c1-22(2)16-6-7-19-13-15(16)18(25)21-14-4-5-17(20-12-14)24-10-8-23(3)9-11-24/h4-7,12-13H,8-11H2,1-3H3,(H,21,25). The monoisotopic (exact) mass is 340 g/mol. The van der Waals surface area contributed by atoms with Crippen LogP contribution in [0.5, 0.6) is 0 Å². The van der Waals surface area contributed by atoms with E-state index in [0.29, 0.717) is 11.3 Å². The van der Waals surface area contributed by atoms with E-state index < -0.39 is 0 Å². The molecule has 2 aromatic rings. The van der Waals surface area contributed by atoms with Gasteiger partial charge in [0.15, 0.2) is 0 Å². The quantitative estimate of drug-likeness (QED) is 0.911. The van der Waals surface area contributed by atoms with E-state index in [2.05, 4.69) is 32.1 Å². The lowest BCUT2D eigenvalue weighted by Crippen LogP contribution is -2.44.